The fourth-order valence-electron chi connectivity index (χ4n) is 3.75. The van der Waals surface area contributed by atoms with Crippen LogP contribution in [0.15, 0.2) is 83.3 Å². The van der Waals surface area contributed by atoms with Crippen molar-refractivity contribution >= 4 is 39.3 Å². The van der Waals surface area contributed by atoms with Crippen LogP contribution in [0.25, 0.3) is 0 Å². The van der Waals surface area contributed by atoms with E-state index in [2.05, 4.69) is 28.2 Å². The first kappa shape index (κ1) is 26.0. The van der Waals surface area contributed by atoms with Crippen molar-refractivity contribution in [1.82, 2.24) is 10.2 Å². The highest BCUT2D eigenvalue weighted by Gasteiger charge is 2.30. The second-order valence-corrected chi connectivity index (χ2v) is 9.59. The van der Waals surface area contributed by atoms with Crippen LogP contribution in [0.2, 0.25) is 5.02 Å². The molecule has 0 spiro atoms. The fourth-order valence-corrected chi connectivity index (χ4v) is 4.22. The van der Waals surface area contributed by atoms with Crippen molar-refractivity contribution in [3.8, 4) is 0 Å². The van der Waals surface area contributed by atoms with Crippen LogP contribution in [0, 0.1) is 0 Å². The number of hydrogen-bond acceptors (Lipinski definition) is 2. The number of carbonyl (C=O) groups is 2. The van der Waals surface area contributed by atoms with Crippen LogP contribution in [0.5, 0.6) is 0 Å². The number of rotatable bonds is 11. The molecule has 0 aromatic heterocycles. The SMILES string of the molecule is CCCCNC(=O)[C@H](Cc1ccccc1)N(Cc1ccc(Br)cc1)C(=O)Cc1ccccc1Cl. The van der Waals surface area contributed by atoms with Gasteiger partial charge in [-0.1, -0.05) is 102 Å². The van der Waals surface area contributed by atoms with E-state index in [1.54, 1.807) is 11.0 Å². The molecule has 0 aliphatic carbocycles. The van der Waals surface area contributed by atoms with Crippen LogP contribution >= 0.6 is 27.5 Å². The fraction of sp³-hybridized carbons (Fsp3) is 0.286. The van der Waals surface area contributed by atoms with Crippen LogP contribution in [0.3, 0.4) is 0 Å². The minimum Gasteiger partial charge on any atom is -0.354 e. The monoisotopic (exact) mass is 540 g/mol. The number of nitrogens with one attached hydrogen (secondary N) is 1. The van der Waals surface area contributed by atoms with Gasteiger partial charge < -0.3 is 10.2 Å². The molecule has 0 heterocycles. The first-order valence-electron chi connectivity index (χ1n) is 11.6. The molecule has 3 rings (SSSR count). The molecule has 6 heteroatoms. The quantitative estimate of drug-likeness (QED) is 0.294. The normalized spacial score (nSPS) is 11.6. The Kier molecular flexibility index (Phi) is 10.2. The van der Waals surface area contributed by atoms with E-state index in [-0.39, 0.29) is 18.2 Å². The van der Waals surface area contributed by atoms with Gasteiger partial charge in [-0.3, -0.25) is 9.59 Å². The van der Waals surface area contributed by atoms with Crippen LogP contribution in [0.1, 0.15) is 36.5 Å². The average Bonchev–Trinajstić information content (AvgIpc) is 2.84. The zero-order chi connectivity index (χ0) is 24.3. The largest absolute Gasteiger partial charge is 0.354 e. The molecular formula is C28H30BrClN2O2. The molecule has 178 valence electrons. The van der Waals surface area contributed by atoms with Crippen molar-refractivity contribution in [1.29, 1.82) is 0 Å². The first-order chi connectivity index (χ1) is 16.5. The van der Waals surface area contributed by atoms with Crippen molar-refractivity contribution in [3.63, 3.8) is 0 Å². The molecule has 0 radical (unpaired) electrons. The molecule has 4 nitrogen and oxygen atoms in total. The molecule has 0 aliphatic heterocycles. The lowest BCUT2D eigenvalue weighted by molar-refractivity contribution is -0.140. The minimum atomic E-state index is -0.641. The highest BCUT2D eigenvalue weighted by atomic mass is 79.9. The average molecular weight is 542 g/mol. The summed E-state index contributed by atoms with van der Waals surface area (Å²) in [6, 6.07) is 24.3. The molecule has 0 bridgehead atoms. The van der Waals surface area contributed by atoms with E-state index in [1.807, 2.05) is 72.8 Å². The maximum absolute atomic E-state index is 13.7. The predicted molar refractivity (Wildman–Crippen MR) is 142 cm³/mol. The minimum absolute atomic E-state index is 0.129. The number of nitrogens with zero attached hydrogens (tertiary/aromatic N) is 1. The first-order valence-corrected chi connectivity index (χ1v) is 12.7. The third kappa shape index (κ3) is 7.71. The van der Waals surface area contributed by atoms with Crippen LogP contribution < -0.4 is 5.32 Å². The van der Waals surface area contributed by atoms with Gasteiger partial charge in [-0.2, -0.15) is 0 Å². The van der Waals surface area contributed by atoms with Crippen molar-refractivity contribution < 1.29 is 9.59 Å². The van der Waals surface area contributed by atoms with Crippen molar-refractivity contribution in [3.05, 3.63) is 105 Å². The van der Waals surface area contributed by atoms with E-state index in [0.717, 1.165) is 34.0 Å². The summed E-state index contributed by atoms with van der Waals surface area (Å²) >= 11 is 9.82. The standard InChI is InChI=1S/C28H30BrClN2O2/c1-2-3-17-31-28(34)26(18-21-9-5-4-6-10-21)32(20-22-13-15-24(29)16-14-22)27(33)19-23-11-7-8-12-25(23)30/h4-16,26H,2-3,17-20H2,1H3,(H,31,34)/t26-/m0/s1. The third-order valence-corrected chi connectivity index (χ3v) is 6.56. The van der Waals surface area contributed by atoms with Crippen molar-refractivity contribution in [2.24, 2.45) is 0 Å². The number of halogens is 2. The molecule has 0 aliphatic rings. The Morgan fingerprint density at radius 1 is 0.941 bits per heavy atom. The zero-order valence-electron chi connectivity index (χ0n) is 19.3. The van der Waals surface area contributed by atoms with Gasteiger partial charge in [0, 0.05) is 29.0 Å². The number of carbonyl (C=O) groups excluding carboxylic acids is 2. The second kappa shape index (κ2) is 13.3. The Hall–Kier alpha value is -2.63. The summed E-state index contributed by atoms with van der Waals surface area (Å²) in [5.74, 6) is -0.274. The van der Waals surface area contributed by atoms with Crippen molar-refractivity contribution in [2.45, 2.75) is 45.2 Å². The lowest BCUT2D eigenvalue weighted by Gasteiger charge is -2.32. The van der Waals surface area contributed by atoms with E-state index in [1.165, 1.54) is 0 Å². The molecular weight excluding hydrogens is 512 g/mol. The Bertz CT molecular complexity index is 1070. The predicted octanol–water partition coefficient (Wildman–Crippen LogP) is 6.20. The highest BCUT2D eigenvalue weighted by molar-refractivity contribution is 9.10. The Labute approximate surface area is 215 Å². The van der Waals surface area contributed by atoms with Gasteiger partial charge >= 0.3 is 0 Å². The summed E-state index contributed by atoms with van der Waals surface area (Å²) in [6.07, 6.45) is 2.44. The summed E-state index contributed by atoms with van der Waals surface area (Å²) in [4.78, 5) is 28.8. The Morgan fingerprint density at radius 2 is 1.62 bits per heavy atom. The van der Waals surface area contributed by atoms with E-state index >= 15 is 0 Å². The summed E-state index contributed by atoms with van der Waals surface area (Å²) in [7, 11) is 0. The molecule has 0 saturated carbocycles. The van der Waals surface area contributed by atoms with Gasteiger partial charge in [0.15, 0.2) is 0 Å². The lowest BCUT2D eigenvalue weighted by atomic mass is 10.0. The molecule has 1 N–H and O–H groups in total. The van der Waals surface area contributed by atoms with Crippen LogP contribution in [0.4, 0.5) is 0 Å². The van der Waals surface area contributed by atoms with Gasteiger partial charge in [-0.05, 0) is 41.3 Å². The number of amides is 2. The molecule has 0 saturated heterocycles. The Balaban J connectivity index is 1.94. The number of benzene rings is 3. The van der Waals surface area contributed by atoms with E-state index in [4.69, 9.17) is 11.6 Å². The molecule has 2 amide bonds. The molecule has 3 aromatic rings. The highest BCUT2D eigenvalue weighted by Crippen LogP contribution is 2.21. The van der Waals surface area contributed by atoms with E-state index < -0.39 is 6.04 Å². The van der Waals surface area contributed by atoms with Crippen LogP contribution in [-0.4, -0.2) is 29.3 Å². The van der Waals surface area contributed by atoms with Gasteiger partial charge in [0.05, 0.1) is 6.42 Å². The van der Waals surface area contributed by atoms with E-state index in [9.17, 15) is 9.59 Å². The number of unbranched alkanes of at least 4 members (excludes halogenated alkanes) is 1. The summed E-state index contributed by atoms with van der Waals surface area (Å²) in [6.45, 7) is 3.00. The van der Waals surface area contributed by atoms with Gasteiger partial charge in [0.1, 0.15) is 6.04 Å². The van der Waals surface area contributed by atoms with Gasteiger partial charge in [0.2, 0.25) is 11.8 Å². The van der Waals surface area contributed by atoms with Gasteiger partial charge in [-0.25, -0.2) is 0 Å². The maximum atomic E-state index is 13.7. The summed E-state index contributed by atoms with van der Waals surface area (Å²) < 4.78 is 0.961. The lowest BCUT2D eigenvalue weighted by Crippen LogP contribution is -2.51. The molecule has 34 heavy (non-hydrogen) atoms. The summed E-state index contributed by atoms with van der Waals surface area (Å²) in [5.41, 5.74) is 2.71. The van der Waals surface area contributed by atoms with Crippen molar-refractivity contribution in [2.75, 3.05) is 6.54 Å². The van der Waals surface area contributed by atoms with Gasteiger partial charge in [-0.15, -0.1) is 0 Å². The molecule has 1 atom stereocenters. The topological polar surface area (TPSA) is 49.4 Å². The number of hydrogen-bond donors (Lipinski definition) is 1. The second-order valence-electron chi connectivity index (χ2n) is 8.27. The maximum Gasteiger partial charge on any atom is 0.243 e. The third-order valence-electron chi connectivity index (χ3n) is 5.67. The molecule has 0 fully saturated rings. The zero-order valence-corrected chi connectivity index (χ0v) is 21.7. The molecule has 0 unspecified atom stereocenters. The smallest absolute Gasteiger partial charge is 0.243 e. The molecule has 3 aromatic carbocycles. The van der Waals surface area contributed by atoms with E-state index in [0.29, 0.717) is 24.5 Å². The Morgan fingerprint density at radius 3 is 2.29 bits per heavy atom. The van der Waals surface area contributed by atoms with Crippen LogP contribution in [-0.2, 0) is 29.0 Å². The summed E-state index contributed by atoms with van der Waals surface area (Å²) in [5, 5.41) is 3.59. The van der Waals surface area contributed by atoms with Gasteiger partial charge in [0.25, 0.3) is 0 Å².